The van der Waals surface area contributed by atoms with Crippen LogP contribution in [0, 0.1) is 0 Å². The molecular formula is C17H15F2NO2S. The average molecular weight is 335 g/mol. The summed E-state index contributed by atoms with van der Waals surface area (Å²) < 4.78 is 29.8. The number of alkyl halides is 2. The van der Waals surface area contributed by atoms with Crippen LogP contribution in [0.2, 0.25) is 0 Å². The van der Waals surface area contributed by atoms with Crippen molar-refractivity contribution in [1.82, 2.24) is 0 Å². The molecule has 0 radical (unpaired) electrons. The summed E-state index contributed by atoms with van der Waals surface area (Å²) in [5.74, 6) is -2.10. The first kappa shape index (κ1) is 17.0. The van der Waals surface area contributed by atoms with E-state index in [2.05, 4.69) is 11.9 Å². The van der Waals surface area contributed by atoms with Crippen molar-refractivity contribution >= 4 is 23.4 Å². The zero-order chi connectivity index (χ0) is 16.7. The number of hydrogen-bond acceptors (Lipinski definition) is 3. The highest BCUT2D eigenvalue weighted by atomic mass is 32.2. The molecule has 1 N–H and O–H groups in total. The number of benzene rings is 2. The Kier molecular flexibility index (Phi) is 6.17. The minimum atomic E-state index is -2.46. The summed E-state index contributed by atoms with van der Waals surface area (Å²) in [6.07, 6.45) is 1.64. The maximum absolute atomic E-state index is 12.2. The van der Waals surface area contributed by atoms with Gasteiger partial charge in [0.2, 0.25) is 0 Å². The standard InChI is InChI=1S/C17H15F2NO2S/c1-2-11-22-14-7-3-12(4-8-14)16(21)20-13-5-9-15(10-6-13)23-17(18)19/h2-10,17H,1,11H2,(H,20,21). The zero-order valence-corrected chi connectivity index (χ0v) is 13.0. The third kappa shape index (κ3) is 5.41. The number of rotatable bonds is 7. The fourth-order valence-corrected chi connectivity index (χ4v) is 2.28. The lowest BCUT2D eigenvalue weighted by Crippen LogP contribution is -2.11. The molecule has 0 spiro atoms. The number of thioether (sulfide) groups is 1. The smallest absolute Gasteiger partial charge is 0.288 e. The molecule has 120 valence electrons. The first-order valence-corrected chi connectivity index (χ1v) is 7.66. The molecule has 23 heavy (non-hydrogen) atoms. The number of halogens is 2. The van der Waals surface area contributed by atoms with Crippen molar-refractivity contribution in [3.63, 3.8) is 0 Å². The Labute approximate surface area is 137 Å². The van der Waals surface area contributed by atoms with Gasteiger partial charge >= 0.3 is 0 Å². The van der Waals surface area contributed by atoms with Gasteiger partial charge in [-0.1, -0.05) is 24.4 Å². The lowest BCUT2D eigenvalue weighted by molar-refractivity contribution is 0.102. The van der Waals surface area contributed by atoms with E-state index in [-0.39, 0.29) is 5.91 Å². The van der Waals surface area contributed by atoms with E-state index in [1.165, 1.54) is 0 Å². The van der Waals surface area contributed by atoms with E-state index >= 15 is 0 Å². The van der Waals surface area contributed by atoms with Gasteiger partial charge in [-0.3, -0.25) is 4.79 Å². The van der Waals surface area contributed by atoms with Crippen LogP contribution in [0.15, 0.2) is 66.1 Å². The third-order valence-electron chi connectivity index (χ3n) is 2.82. The molecule has 1 amide bonds. The number of amides is 1. The van der Waals surface area contributed by atoms with Crippen LogP contribution < -0.4 is 10.1 Å². The molecule has 0 heterocycles. The van der Waals surface area contributed by atoms with Crippen LogP contribution >= 0.6 is 11.8 Å². The summed E-state index contributed by atoms with van der Waals surface area (Å²) in [6, 6.07) is 12.9. The van der Waals surface area contributed by atoms with Gasteiger partial charge in [-0.2, -0.15) is 8.78 Å². The van der Waals surface area contributed by atoms with Crippen LogP contribution in [-0.4, -0.2) is 18.3 Å². The number of nitrogens with one attached hydrogen (secondary N) is 1. The molecule has 0 aliphatic carbocycles. The molecule has 2 rings (SSSR count). The summed E-state index contributed by atoms with van der Waals surface area (Å²) in [5.41, 5.74) is 1.02. The lowest BCUT2D eigenvalue weighted by Gasteiger charge is -2.07. The van der Waals surface area contributed by atoms with Crippen molar-refractivity contribution in [2.24, 2.45) is 0 Å². The van der Waals surface area contributed by atoms with Crippen LogP contribution in [0.5, 0.6) is 5.75 Å². The van der Waals surface area contributed by atoms with Gasteiger partial charge in [0, 0.05) is 16.1 Å². The summed E-state index contributed by atoms with van der Waals surface area (Å²) >= 11 is 0.463. The fraction of sp³-hybridized carbons (Fsp3) is 0.118. The van der Waals surface area contributed by atoms with Crippen molar-refractivity contribution in [3.8, 4) is 5.75 Å². The molecule has 0 aliphatic rings. The molecule has 0 saturated heterocycles. The van der Waals surface area contributed by atoms with Crippen LogP contribution in [0.4, 0.5) is 14.5 Å². The maximum atomic E-state index is 12.2. The first-order valence-electron chi connectivity index (χ1n) is 6.78. The van der Waals surface area contributed by atoms with E-state index in [9.17, 15) is 13.6 Å². The van der Waals surface area contributed by atoms with Crippen LogP contribution in [0.3, 0.4) is 0 Å². The van der Waals surface area contributed by atoms with Gasteiger partial charge in [-0.25, -0.2) is 0 Å². The van der Waals surface area contributed by atoms with Gasteiger partial charge < -0.3 is 10.1 Å². The number of carbonyl (C=O) groups excluding carboxylic acids is 1. The number of hydrogen-bond donors (Lipinski definition) is 1. The molecule has 3 nitrogen and oxygen atoms in total. The molecule has 0 aliphatic heterocycles. The van der Waals surface area contributed by atoms with E-state index < -0.39 is 5.76 Å². The quantitative estimate of drug-likeness (QED) is 0.582. The molecule has 0 unspecified atom stereocenters. The first-order chi connectivity index (χ1) is 11.1. The minimum Gasteiger partial charge on any atom is -0.490 e. The summed E-state index contributed by atoms with van der Waals surface area (Å²) in [4.78, 5) is 12.6. The second kappa shape index (κ2) is 8.33. The van der Waals surface area contributed by atoms with Crippen molar-refractivity contribution in [2.75, 3.05) is 11.9 Å². The van der Waals surface area contributed by atoms with Gasteiger partial charge in [-0.05, 0) is 48.5 Å². The van der Waals surface area contributed by atoms with E-state index in [1.54, 1.807) is 54.6 Å². The number of anilines is 1. The predicted octanol–water partition coefficient (Wildman–Crippen LogP) is 4.82. The third-order valence-corrected chi connectivity index (χ3v) is 3.54. The Bertz CT molecular complexity index is 657. The van der Waals surface area contributed by atoms with Crippen LogP contribution in [0.25, 0.3) is 0 Å². The molecule has 0 bridgehead atoms. The Morgan fingerprint density at radius 1 is 1.17 bits per heavy atom. The average Bonchev–Trinajstić information content (AvgIpc) is 2.54. The zero-order valence-electron chi connectivity index (χ0n) is 12.2. The van der Waals surface area contributed by atoms with Gasteiger partial charge in [-0.15, -0.1) is 0 Å². The second-order valence-electron chi connectivity index (χ2n) is 4.48. The Hall–Kier alpha value is -2.34. The van der Waals surface area contributed by atoms with Gasteiger partial charge in [0.05, 0.1) is 0 Å². The van der Waals surface area contributed by atoms with Gasteiger partial charge in [0.25, 0.3) is 11.7 Å². The molecule has 0 atom stereocenters. The van der Waals surface area contributed by atoms with E-state index in [1.807, 2.05) is 0 Å². The highest BCUT2D eigenvalue weighted by molar-refractivity contribution is 7.99. The Morgan fingerprint density at radius 3 is 2.39 bits per heavy atom. The second-order valence-corrected chi connectivity index (χ2v) is 5.54. The van der Waals surface area contributed by atoms with Crippen molar-refractivity contribution in [3.05, 3.63) is 66.7 Å². The molecule has 0 saturated carbocycles. The van der Waals surface area contributed by atoms with Crippen LogP contribution in [-0.2, 0) is 0 Å². The Morgan fingerprint density at radius 2 is 1.83 bits per heavy atom. The predicted molar refractivity (Wildman–Crippen MR) is 88.4 cm³/mol. The molecule has 6 heteroatoms. The van der Waals surface area contributed by atoms with E-state index in [0.29, 0.717) is 40.3 Å². The van der Waals surface area contributed by atoms with Gasteiger partial charge in [0.1, 0.15) is 12.4 Å². The molecule has 2 aromatic carbocycles. The molecule has 0 fully saturated rings. The summed E-state index contributed by atoms with van der Waals surface area (Å²) in [5, 5.41) is 2.71. The monoisotopic (exact) mass is 335 g/mol. The topological polar surface area (TPSA) is 38.3 Å². The largest absolute Gasteiger partial charge is 0.490 e. The maximum Gasteiger partial charge on any atom is 0.288 e. The van der Waals surface area contributed by atoms with Crippen LogP contribution in [0.1, 0.15) is 10.4 Å². The highest BCUT2D eigenvalue weighted by Gasteiger charge is 2.08. The van der Waals surface area contributed by atoms with Crippen molar-refractivity contribution < 1.29 is 18.3 Å². The highest BCUT2D eigenvalue weighted by Crippen LogP contribution is 2.26. The van der Waals surface area contributed by atoms with Crippen molar-refractivity contribution in [1.29, 1.82) is 0 Å². The van der Waals surface area contributed by atoms with Gasteiger partial charge in [0.15, 0.2) is 0 Å². The molecular weight excluding hydrogens is 320 g/mol. The normalized spacial score (nSPS) is 10.4. The Balaban J connectivity index is 1.96. The lowest BCUT2D eigenvalue weighted by atomic mass is 10.2. The minimum absolute atomic E-state index is 0.283. The fourth-order valence-electron chi connectivity index (χ4n) is 1.78. The summed E-state index contributed by atoms with van der Waals surface area (Å²) in [7, 11) is 0. The SMILES string of the molecule is C=CCOc1ccc(C(=O)Nc2ccc(SC(F)F)cc2)cc1. The molecule has 0 aromatic heterocycles. The number of ether oxygens (including phenoxy) is 1. The summed E-state index contributed by atoms with van der Waals surface area (Å²) in [6.45, 7) is 3.96. The molecule has 2 aromatic rings. The number of carbonyl (C=O) groups is 1. The van der Waals surface area contributed by atoms with Crippen molar-refractivity contribution in [2.45, 2.75) is 10.7 Å². The van der Waals surface area contributed by atoms with E-state index in [0.717, 1.165) is 0 Å². The van der Waals surface area contributed by atoms with E-state index in [4.69, 9.17) is 4.74 Å².